The molecule has 0 spiro atoms. The average molecular weight is 297 g/mol. The Labute approximate surface area is 120 Å². The molecule has 0 aromatic heterocycles. The van der Waals surface area contributed by atoms with Crippen molar-refractivity contribution in [3.63, 3.8) is 0 Å². The summed E-state index contributed by atoms with van der Waals surface area (Å²) in [5.74, 6) is 0.431. The molecule has 0 heterocycles. The number of hydrogen-bond donors (Lipinski definition) is 0. The summed E-state index contributed by atoms with van der Waals surface area (Å²) in [4.78, 5) is 12.7. The monoisotopic (exact) mass is 296 g/mol. The largest absolute Gasteiger partial charge is 0.293 e. The normalized spacial score (nSPS) is 10.3. The van der Waals surface area contributed by atoms with E-state index in [0.29, 0.717) is 21.4 Å². The molecule has 1 nitrogen and oxygen atoms in total. The summed E-state index contributed by atoms with van der Waals surface area (Å²) in [5, 5.41) is 1.24. The van der Waals surface area contributed by atoms with Gasteiger partial charge in [0.25, 0.3) is 0 Å². The maximum Gasteiger partial charge on any atom is 0.173 e. The smallest absolute Gasteiger partial charge is 0.173 e. The highest BCUT2D eigenvalue weighted by Gasteiger charge is 2.08. The zero-order valence-corrected chi connectivity index (χ0v) is 11.7. The summed E-state index contributed by atoms with van der Waals surface area (Å²) in [7, 11) is 0. The maximum absolute atomic E-state index is 11.9. The number of rotatable bonds is 4. The van der Waals surface area contributed by atoms with Crippen LogP contribution in [0.2, 0.25) is 10.0 Å². The summed E-state index contributed by atoms with van der Waals surface area (Å²) in [6.45, 7) is 0. The Morgan fingerprint density at radius 3 is 2.50 bits per heavy atom. The summed E-state index contributed by atoms with van der Waals surface area (Å²) in [5.41, 5.74) is 0.711. The van der Waals surface area contributed by atoms with E-state index in [1.165, 1.54) is 11.8 Å². The molecule has 92 valence electrons. The number of halogens is 2. The fourth-order valence-corrected chi connectivity index (χ4v) is 2.83. The summed E-state index contributed by atoms with van der Waals surface area (Å²) in [6, 6.07) is 14.4. The molecule has 0 bridgehead atoms. The number of hydrogen-bond acceptors (Lipinski definition) is 2. The van der Waals surface area contributed by atoms with Gasteiger partial charge in [-0.3, -0.25) is 4.79 Å². The standard InChI is InChI=1S/C14H10Cl2OS/c15-11-6-7-12(16)14(8-11)18-9-13(17)10-4-2-1-3-5-10/h1-8H,9H2. The molecule has 2 aromatic carbocycles. The second-order valence-corrected chi connectivity index (χ2v) is 5.51. The molecule has 2 aromatic rings. The fraction of sp³-hybridized carbons (Fsp3) is 0.0714. The van der Waals surface area contributed by atoms with Crippen LogP contribution in [0.3, 0.4) is 0 Å². The molecule has 0 aliphatic carbocycles. The lowest BCUT2D eigenvalue weighted by molar-refractivity contribution is 0.102. The number of thioether (sulfide) groups is 1. The van der Waals surface area contributed by atoms with Gasteiger partial charge in [0, 0.05) is 15.5 Å². The molecule has 0 aliphatic rings. The average Bonchev–Trinajstić information content (AvgIpc) is 2.40. The highest BCUT2D eigenvalue weighted by Crippen LogP contribution is 2.30. The van der Waals surface area contributed by atoms with Gasteiger partial charge in [0.1, 0.15) is 0 Å². The lowest BCUT2D eigenvalue weighted by Gasteiger charge is -2.04. The van der Waals surface area contributed by atoms with Crippen molar-refractivity contribution in [2.75, 3.05) is 5.75 Å². The van der Waals surface area contributed by atoms with Gasteiger partial charge in [-0.1, -0.05) is 53.5 Å². The molecule has 0 aliphatic heterocycles. The van der Waals surface area contributed by atoms with E-state index in [-0.39, 0.29) is 5.78 Å². The van der Waals surface area contributed by atoms with E-state index in [4.69, 9.17) is 23.2 Å². The molecule has 4 heteroatoms. The van der Waals surface area contributed by atoms with Crippen molar-refractivity contribution >= 4 is 40.7 Å². The maximum atomic E-state index is 11.9. The van der Waals surface area contributed by atoms with Gasteiger partial charge in [0.2, 0.25) is 0 Å². The van der Waals surface area contributed by atoms with E-state index in [1.54, 1.807) is 18.2 Å². The van der Waals surface area contributed by atoms with E-state index in [1.807, 2.05) is 30.3 Å². The SMILES string of the molecule is O=C(CSc1cc(Cl)ccc1Cl)c1ccccc1. The molecule has 2 rings (SSSR count). The molecule has 0 unspecified atom stereocenters. The third kappa shape index (κ3) is 3.52. The Bertz CT molecular complexity index is 555. The van der Waals surface area contributed by atoms with Gasteiger partial charge in [0.05, 0.1) is 10.8 Å². The third-order valence-electron chi connectivity index (χ3n) is 2.35. The Balaban J connectivity index is 2.04. The molecular weight excluding hydrogens is 287 g/mol. The van der Waals surface area contributed by atoms with Crippen LogP contribution < -0.4 is 0 Å². The zero-order valence-electron chi connectivity index (χ0n) is 9.40. The number of carbonyl (C=O) groups excluding carboxylic acids is 1. The van der Waals surface area contributed by atoms with Gasteiger partial charge in [-0.15, -0.1) is 11.8 Å². The minimum atomic E-state index is 0.0802. The van der Waals surface area contributed by atoms with Crippen LogP contribution in [0.25, 0.3) is 0 Å². The van der Waals surface area contributed by atoms with Crippen molar-refractivity contribution in [1.82, 2.24) is 0 Å². The van der Waals surface area contributed by atoms with Crippen molar-refractivity contribution in [1.29, 1.82) is 0 Å². The predicted molar refractivity (Wildman–Crippen MR) is 78.0 cm³/mol. The molecule has 0 amide bonds. The highest BCUT2D eigenvalue weighted by atomic mass is 35.5. The molecule has 0 saturated carbocycles. The number of Topliss-reactive ketones (excluding diaryl/α,β-unsaturated/α-hetero) is 1. The first-order chi connectivity index (χ1) is 8.66. The van der Waals surface area contributed by atoms with Crippen LogP contribution in [0.15, 0.2) is 53.4 Å². The van der Waals surface area contributed by atoms with Crippen molar-refractivity contribution < 1.29 is 4.79 Å². The van der Waals surface area contributed by atoms with Crippen molar-refractivity contribution in [3.8, 4) is 0 Å². The van der Waals surface area contributed by atoms with Crippen LogP contribution in [-0.4, -0.2) is 11.5 Å². The lowest BCUT2D eigenvalue weighted by Crippen LogP contribution is -2.01. The molecule has 0 radical (unpaired) electrons. The predicted octanol–water partition coefficient (Wildman–Crippen LogP) is 4.97. The van der Waals surface area contributed by atoms with Gasteiger partial charge in [-0.05, 0) is 18.2 Å². The Morgan fingerprint density at radius 1 is 1.06 bits per heavy atom. The number of ketones is 1. The molecule has 0 saturated heterocycles. The second kappa shape index (κ2) is 6.28. The van der Waals surface area contributed by atoms with Crippen LogP contribution in [0.5, 0.6) is 0 Å². The third-order valence-corrected chi connectivity index (χ3v) is 4.08. The minimum absolute atomic E-state index is 0.0802. The quantitative estimate of drug-likeness (QED) is 0.585. The van der Waals surface area contributed by atoms with Crippen LogP contribution in [0, 0.1) is 0 Å². The van der Waals surface area contributed by atoms with Crippen molar-refractivity contribution in [2.45, 2.75) is 4.90 Å². The Hall–Kier alpha value is -0.960. The van der Waals surface area contributed by atoms with Gasteiger partial charge in [-0.2, -0.15) is 0 Å². The van der Waals surface area contributed by atoms with E-state index < -0.39 is 0 Å². The second-order valence-electron chi connectivity index (χ2n) is 3.65. The van der Waals surface area contributed by atoms with Gasteiger partial charge < -0.3 is 0 Å². The first-order valence-corrected chi connectivity index (χ1v) is 7.07. The summed E-state index contributed by atoms with van der Waals surface area (Å²) >= 11 is 13.3. The van der Waals surface area contributed by atoms with E-state index in [0.717, 1.165) is 4.90 Å². The van der Waals surface area contributed by atoms with Crippen LogP contribution in [-0.2, 0) is 0 Å². The number of benzene rings is 2. The van der Waals surface area contributed by atoms with Crippen molar-refractivity contribution in [2.24, 2.45) is 0 Å². The molecule has 0 fully saturated rings. The van der Waals surface area contributed by atoms with E-state index in [2.05, 4.69) is 0 Å². The van der Waals surface area contributed by atoms with Gasteiger partial charge in [0.15, 0.2) is 5.78 Å². The minimum Gasteiger partial charge on any atom is -0.293 e. The Morgan fingerprint density at radius 2 is 1.78 bits per heavy atom. The van der Waals surface area contributed by atoms with E-state index >= 15 is 0 Å². The number of carbonyl (C=O) groups is 1. The fourth-order valence-electron chi connectivity index (χ4n) is 1.44. The summed E-state index contributed by atoms with van der Waals surface area (Å²) < 4.78 is 0. The van der Waals surface area contributed by atoms with E-state index in [9.17, 15) is 4.79 Å². The zero-order chi connectivity index (χ0) is 13.0. The van der Waals surface area contributed by atoms with Crippen LogP contribution in [0.1, 0.15) is 10.4 Å². The topological polar surface area (TPSA) is 17.1 Å². The lowest BCUT2D eigenvalue weighted by atomic mass is 10.2. The molecule has 0 N–H and O–H groups in total. The Kier molecular flexibility index (Phi) is 4.70. The van der Waals surface area contributed by atoms with Crippen LogP contribution >= 0.6 is 35.0 Å². The van der Waals surface area contributed by atoms with Gasteiger partial charge >= 0.3 is 0 Å². The summed E-state index contributed by atoms with van der Waals surface area (Å²) in [6.07, 6.45) is 0. The first-order valence-electron chi connectivity index (χ1n) is 5.33. The van der Waals surface area contributed by atoms with Gasteiger partial charge in [-0.25, -0.2) is 0 Å². The molecule has 0 atom stereocenters. The molecular formula is C14H10Cl2OS. The van der Waals surface area contributed by atoms with Crippen molar-refractivity contribution in [3.05, 3.63) is 64.1 Å². The highest BCUT2D eigenvalue weighted by molar-refractivity contribution is 8.00. The first kappa shape index (κ1) is 13.5. The van der Waals surface area contributed by atoms with Crippen LogP contribution in [0.4, 0.5) is 0 Å². The molecule has 18 heavy (non-hydrogen) atoms.